The summed E-state index contributed by atoms with van der Waals surface area (Å²) >= 11 is 0. The maximum atomic E-state index is 14.3. The molecule has 3 nitrogen and oxygen atoms in total. The van der Waals surface area contributed by atoms with Crippen LogP contribution in [0.1, 0.15) is 88.2 Å². The minimum absolute atomic E-state index is 0.127. The van der Waals surface area contributed by atoms with Crippen LogP contribution in [-0.4, -0.2) is 89.0 Å². The van der Waals surface area contributed by atoms with Crippen LogP contribution in [0, 0.1) is 23.2 Å². The van der Waals surface area contributed by atoms with Crippen molar-refractivity contribution in [1.29, 1.82) is 0 Å². The number of phenols is 1. The SMILES string of the molecule is CN(CCCCC[C@H]1C[C@]2(C)[C@@H](O)CC[C@H]2[C@@H]2CCc3cc(O)ccc3[C@@H]12)CCCC(F)(F)C(F)(F)C(F)(F)C(F)(F)C(F)(F)C(F)(F)C(F)(F)C(F)(F)F. The zero-order chi connectivity index (χ0) is 42.0. The summed E-state index contributed by atoms with van der Waals surface area (Å²) in [5, 5.41) is 21.0. The lowest BCUT2D eigenvalue weighted by molar-refractivity contribution is -0.461. The number of halogens is 17. The Labute approximate surface area is 305 Å². The topological polar surface area (TPSA) is 43.7 Å². The maximum Gasteiger partial charge on any atom is 0.460 e. The predicted octanol–water partition coefficient (Wildman–Crippen LogP) is 11.1. The zero-order valence-corrected chi connectivity index (χ0v) is 29.6. The van der Waals surface area contributed by atoms with Crippen LogP contribution in [0.3, 0.4) is 0 Å². The van der Waals surface area contributed by atoms with Gasteiger partial charge >= 0.3 is 47.6 Å². The first-order valence-electron chi connectivity index (χ1n) is 17.7. The summed E-state index contributed by atoms with van der Waals surface area (Å²) < 4.78 is 230. The third-order valence-electron chi connectivity index (χ3n) is 12.2. The van der Waals surface area contributed by atoms with Gasteiger partial charge in [-0.2, -0.15) is 74.6 Å². The van der Waals surface area contributed by atoms with E-state index in [9.17, 15) is 84.9 Å². The quantitative estimate of drug-likeness (QED) is 0.129. The van der Waals surface area contributed by atoms with Crippen molar-refractivity contribution in [3.63, 3.8) is 0 Å². The number of alkyl halides is 17. The molecule has 2 saturated carbocycles. The molecule has 20 heteroatoms. The Kier molecular flexibility index (Phi) is 12.3. The molecule has 2 N–H and O–H groups in total. The van der Waals surface area contributed by atoms with Crippen LogP contribution in [0.15, 0.2) is 18.2 Å². The van der Waals surface area contributed by atoms with Crippen molar-refractivity contribution < 1.29 is 84.9 Å². The van der Waals surface area contributed by atoms with Gasteiger partial charge in [0.2, 0.25) is 0 Å². The highest BCUT2D eigenvalue weighted by Gasteiger charge is 2.95. The number of hydrogen-bond acceptors (Lipinski definition) is 3. The summed E-state index contributed by atoms with van der Waals surface area (Å²) in [6.45, 7) is 1.66. The van der Waals surface area contributed by atoms with Gasteiger partial charge in [-0.15, -0.1) is 0 Å². The fourth-order valence-electron chi connectivity index (χ4n) is 9.13. The highest BCUT2D eigenvalue weighted by molar-refractivity contribution is 5.40. The van der Waals surface area contributed by atoms with Crippen LogP contribution in [-0.2, 0) is 6.42 Å². The fraction of sp³-hybridized carbons (Fsp3) is 0.829. The Morgan fingerprint density at radius 2 is 1.24 bits per heavy atom. The number of rotatable bonds is 16. The first kappa shape index (κ1) is 45.5. The van der Waals surface area contributed by atoms with E-state index in [1.165, 1.54) is 17.5 Å². The summed E-state index contributed by atoms with van der Waals surface area (Å²) in [6, 6.07) is 5.35. The fourth-order valence-corrected chi connectivity index (χ4v) is 9.13. The number of aryl methyl sites for hydroxylation is 1. The first-order valence-corrected chi connectivity index (χ1v) is 17.7. The van der Waals surface area contributed by atoms with E-state index in [1.807, 2.05) is 6.07 Å². The first-order chi connectivity index (χ1) is 24.8. The highest BCUT2D eigenvalue weighted by Crippen LogP contribution is 2.65. The summed E-state index contributed by atoms with van der Waals surface area (Å²) in [5.41, 5.74) is 1.97. The lowest BCUT2D eigenvalue weighted by Crippen LogP contribution is -2.74. The number of benzene rings is 1. The van der Waals surface area contributed by atoms with Crippen LogP contribution >= 0.6 is 0 Å². The van der Waals surface area contributed by atoms with Crippen molar-refractivity contribution in [1.82, 2.24) is 4.90 Å². The van der Waals surface area contributed by atoms with Gasteiger partial charge in [0, 0.05) is 6.42 Å². The molecule has 0 spiro atoms. The second-order valence-corrected chi connectivity index (χ2v) is 15.7. The molecule has 0 saturated heterocycles. The van der Waals surface area contributed by atoms with E-state index in [2.05, 4.69) is 6.92 Å². The smallest absolute Gasteiger partial charge is 0.460 e. The normalized spacial score (nSPS) is 27.3. The van der Waals surface area contributed by atoms with Crippen molar-refractivity contribution >= 4 is 0 Å². The Morgan fingerprint density at radius 3 is 1.82 bits per heavy atom. The molecule has 0 unspecified atom stereocenters. The Morgan fingerprint density at radius 1 is 0.691 bits per heavy atom. The monoisotopic (exact) mass is 831 g/mol. The lowest BCUT2D eigenvalue weighted by atomic mass is 9.51. The largest absolute Gasteiger partial charge is 0.508 e. The molecule has 4 rings (SSSR count). The summed E-state index contributed by atoms with van der Waals surface area (Å²) in [7, 11) is 1.30. The van der Waals surface area contributed by atoms with Gasteiger partial charge in [-0.05, 0) is 124 Å². The van der Waals surface area contributed by atoms with Gasteiger partial charge in [0.05, 0.1) is 6.10 Å². The molecule has 0 heterocycles. The molecule has 0 amide bonds. The van der Waals surface area contributed by atoms with Gasteiger partial charge in [-0.25, -0.2) is 0 Å². The molecule has 3 aliphatic carbocycles. The number of unbranched alkanes of at least 4 members (excludes halogenated alkanes) is 2. The number of aliphatic hydroxyl groups is 1. The van der Waals surface area contributed by atoms with Crippen LogP contribution in [0.2, 0.25) is 0 Å². The maximum absolute atomic E-state index is 14.3. The summed E-state index contributed by atoms with van der Waals surface area (Å²) in [5.74, 6) is -54.9. The van der Waals surface area contributed by atoms with E-state index in [0.717, 1.165) is 37.7 Å². The number of nitrogens with zero attached hydrogens (tertiary/aromatic N) is 1. The minimum Gasteiger partial charge on any atom is -0.508 e. The van der Waals surface area contributed by atoms with Crippen molar-refractivity contribution in [3.8, 4) is 5.75 Å². The van der Waals surface area contributed by atoms with Gasteiger partial charge in [-0.3, -0.25) is 0 Å². The molecule has 318 valence electrons. The average Bonchev–Trinajstić information content (AvgIpc) is 3.36. The molecular weight excluding hydrogens is 789 g/mol. The van der Waals surface area contributed by atoms with Crippen LogP contribution in [0.5, 0.6) is 5.75 Å². The highest BCUT2D eigenvalue weighted by atomic mass is 19.4. The number of aliphatic hydroxyl groups excluding tert-OH is 1. The molecule has 3 aliphatic rings. The van der Waals surface area contributed by atoms with Crippen LogP contribution < -0.4 is 0 Å². The van der Waals surface area contributed by atoms with E-state index < -0.39 is 73.1 Å². The summed E-state index contributed by atoms with van der Waals surface area (Å²) in [6.07, 6.45) is -5.34. The molecule has 0 radical (unpaired) electrons. The number of hydrogen-bond donors (Lipinski definition) is 2. The standard InChI is InChI=1S/C35H42F17NO2/c1-27-18-20(26-22-11-9-21(54)17-19(22)8-10-23(26)24(27)12-13-25(27)55)7-4-3-5-15-53(2)16-6-14-28(36,37)29(38,39)30(40,41)31(42,43)32(44,45)33(46,47)34(48,49)35(50,51)52/h9,11,17,20,23-26,54-55H,3-8,10,12-16,18H2,1-2H3/t20-,23-,24-,25-,26+,27-/m0/s1. The van der Waals surface area contributed by atoms with Crippen LogP contribution in [0.4, 0.5) is 74.6 Å². The molecule has 0 aliphatic heterocycles. The second kappa shape index (κ2) is 14.8. The van der Waals surface area contributed by atoms with Gasteiger partial charge < -0.3 is 15.1 Å². The van der Waals surface area contributed by atoms with Gasteiger partial charge in [0.15, 0.2) is 0 Å². The van der Waals surface area contributed by atoms with Crippen LogP contribution in [0.25, 0.3) is 0 Å². The summed E-state index contributed by atoms with van der Waals surface area (Å²) in [4.78, 5) is 1.27. The Hall–Kier alpha value is -2.25. The molecule has 6 atom stereocenters. The number of aromatic hydroxyl groups is 1. The molecule has 1 aromatic carbocycles. The Bertz CT molecular complexity index is 1500. The molecular formula is C35H42F17NO2. The van der Waals surface area contributed by atoms with E-state index in [-0.39, 0.29) is 29.5 Å². The van der Waals surface area contributed by atoms with Gasteiger partial charge in [0.25, 0.3) is 0 Å². The predicted molar refractivity (Wildman–Crippen MR) is 163 cm³/mol. The number of phenolic OH excluding ortho intramolecular Hbond substituents is 1. The third kappa shape index (κ3) is 7.38. The van der Waals surface area contributed by atoms with E-state index in [1.54, 1.807) is 12.1 Å². The van der Waals surface area contributed by atoms with Gasteiger partial charge in [0.1, 0.15) is 5.75 Å². The van der Waals surface area contributed by atoms with Gasteiger partial charge in [-0.1, -0.05) is 25.8 Å². The molecule has 1 aromatic rings. The van der Waals surface area contributed by atoms with Crippen molar-refractivity contribution in [2.24, 2.45) is 23.2 Å². The molecule has 55 heavy (non-hydrogen) atoms. The van der Waals surface area contributed by atoms with E-state index in [4.69, 9.17) is 0 Å². The minimum atomic E-state index is -8.62. The van der Waals surface area contributed by atoms with Crippen molar-refractivity contribution in [2.45, 2.75) is 137 Å². The Balaban J connectivity index is 1.32. The lowest BCUT2D eigenvalue weighted by Gasteiger charge is -2.54. The van der Waals surface area contributed by atoms with E-state index >= 15 is 0 Å². The molecule has 2 fully saturated rings. The second-order valence-electron chi connectivity index (χ2n) is 15.7. The third-order valence-corrected chi connectivity index (χ3v) is 12.2. The number of fused-ring (bicyclic) bond motifs is 5. The average molecular weight is 832 g/mol. The van der Waals surface area contributed by atoms with Crippen molar-refractivity contribution in [2.75, 3.05) is 20.1 Å². The molecule has 0 bridgehead atoms. The van der Waals surface area contributed by atoms with Crippen molar-refractivity contribution in [3.05, 3.63) is 29.3 Å². The molecule has 0 aromatic heterocycles. The van der Waals surface area contributed by atoms with E-state index in [0.29, 0.717) is 37.5 Å². The zero-order valence-electron chi connectivity index (χ0n) is 29.6.